The lowest BCUT2D eigenvalue weighted by atomic mass is 9.94. The highest BCUT2D eigenvalue weighted by atomic mass is 35.6. The first kappa shape index (κ1) is 18.4. The molecule has 4 heteroatoms. The van der Waals surface area contributed by atoms with Crippen molar-refractivity contribution in [1.29, 1.82) is 0 Å². The van der Waals surface area contributed by atoms with Crippen LogP contribution in [0.4, 0.5) is 0 Å². The van der Waals surface area contributed by atoms with E-state index in [0.717, 1.165) is 18.4 Å². The third-order valence-corrected chi connectivity index (χ3v) is 4.66. The van der Waals surface area contributed by atoms with Crippen molar-refractivity contribution in [3.63, 3.8) is 0 Å². The van der Waals surface area contributed by atoms with Crippen molar-refractivity contribution in [3.05, 3.63) is 34.9 Å². The summed E-state index contributed by atoms with van der Waals surface area (Å²) in [6.07, 6.45) is 8.21. The fourth-order valence-electron chi connectivity index (χ4n) is 2.38. The van der Waals surface area contributed by atoms with Gasteiger partial charge in [-0.15, -0.1) is 0 Å². The molecule has 0 radical (unpaired) electrons. The van der Waals surface area contributed by atoms with Gasteiger partial charge in [0.1, 0.15) is 0 Å². The van der Waals surface area contributed by atoms with E-state index in [9.17, 15) is 0 Å². The van der Waals surface area contributed by atoms with Crippen LogP contribution in [0.3, 0.4) is 0 Å². The molecule has 1 unspecified atom stereocenters. The van der Waals surface area contributed by atoms with Crippen molar-refractivity contribution < 1.29 is 0 Å². The molecule has 0 saturated heterocycles. The average molecular weight is 356 g/mol. The van der Waals surface area contributed by atoms with Crippen LogP contribution in [-0.2, 0) is 0 Å². The largest absolute Gasteiger partial charge is 0.197 e. The minimum atomic E-state index is -1.31. The molecule has 0 N–H and O–H groups in total. The van der Waals surface area contributed by atoms with Gasteiger partial charge >= 0.3 is 0 Å². The van der Waals surface area contributed by atoms with Gasteiger partial charge in [-0.3, -0.25) is 0 Å². The molecule has 0 nitrogen and oxygen atoms in total. The minimum absolute atomic E-state index is 0.146. The molecule has 0 saturated carbocycles. The molecule has 0 spiro atoms. The van der Waals surface area contributed by atoms with Crippen LogP contribution >= 0.6 is 46.4 Å². The highest BCUT2D eigenvalue weighted by Crippen LogP contribution is 2.46. The topological polar surface area (TPSA) is 0 Å². The summed E-state index contributed by atoms with van der Waals surface area (Å²) in [5.41, 5.74) is 0.933. The Morgan fingerprint density at radius 3 is 2.15 bits per heavy atom. The van der Waals surface area contributed by atoms with Gasteiger partial charge in [0, 0.05) is 10.9 Å². The van der Waals surface area contributed by atoms with Gasteiger partial charge in [0.15, 0.2) is 3.79 Å². The SMILES string of the molecule is CCCCCCCCC(c1ccccc1Cl)C(Cl)(Cl)Cl. The number of rotatable bonds is 8. The van der Waals surface area contributed by atoms with E-state index in [2.05, 4.69) is 6.92 Å². The second-order valence-corrected chi connectivity index (χ2v) is 7.95. The van der Waals surface area contributed by atoms with Gasteiger partial charge < -0.3 is 0 Å². The lowest BCUT2D eigenvalue weighted by Gasteiger charge is -2.25. The van der Waals surface area contributed by atoms with Crippen LogP contribution < -0.4 is 0 Å². The highest BCUT2D eigenvalue weighted by molar-refractivity contribution is 6.68. The van der Waals surface area contributed by atoms with E-state index in [1.54, 1.807) is 0 Å². The van der Waals surface area contributed by atoms with E-state index in [1.807, 2.05) is 24.3 Å². The van der Waals surface area contributed by atoms with Gasteiger partial charge in [0.25, 0.3) is 0 Å². The number of unbranched alkanes of at least 4 members (excludes halogenated alkanes) is 5. The summed E-state index contributed by atoms with van der Waals surface area (Å²) in [7, 11) is 0. The van der Waals surface area contributed by atoms with Crippen LogP contribution in [0.1, 0.15) is 63.4 Å². The first-order valence-electron chi connectivity index (χ1n) is 7.28. The van der Waals surface area contributed by atoms with E-state index in [1.165, 1.54) is 32.1 Å². The molecule has 0 aliphatic rings. The van der Waals surface area contributed by atoms with Crippen molar-refractivity contribution >= 4 is 46.4 Å². The Labute approximate surface area is 142 Å². The Kier molecular flexibility index (Phi) is 8.67. The van der Waals surface area contributed by atoms with Gasteiger partial charge in [0.2, 0.25) is 0 Å². The lowest BCUT2D eigenvalue weighted by molar-refractivity contribution is 0.542. The number of hydrogen-bond donors (Lipinski definition) is 0. The molecule has 1 atom stereocenters. The minimum Gasteiger partial charge on any atom is -0.0840 e. The van der Waals surface area contributed by atoms with Crippen LogP contribution in [0.2, 0.25) is 5.02 Å². The number of benzene rings is 1. The monoisotopic (exact) mass is 354 g/mol. The van der Waals surface area contributed by atoms with Crippen LogP contribution in [0.15, 0.2) is 24.3 Å². The van der Waals surface area contributed by atoms with Gasteiger partial charge in [-0.05, 0) is 18.1 Å². The molecule has 0 aliphatic heterocycles. The van der Waals surface area contributed by atoms with E-state index < -0.39 is 3.79 Å². The maximum Gasteiger partial charge on any atom is 0.197 e. The maximum atomic E-state index is 6.23. The van der Waals surface area contributed by atoms with E-state index in [4.69, 9.17) is 46.4 Å². The molecule has 0 heterocycles. The molecule has 0 aliphatic carbocycles. The summed E-state index contributed by atoms with van der Waals surface area (Å²) in [6, 6.07) is 7.63. The third kappa shape index (κ3) is 6.43. The Bertz CT molecular complexity index is 384. The van der Waals surface area contributed by atoms with Crippen LogP contribution in [-0.4, -0.2) is 3.79 Å². The molecule has 114 valence electrons. The first-order valence-corrected chi connectivity index (χ1v) is 8.79. The van der Waals surface area contributed by atoms with Crippen molar-refractivity contribution in [3.8, 4) is 0 Å². The normalized spacial score (nSPS) is 13.4. The second kappa shape index (κ2) is 9.41. The first-order chi connectivity index (χ1) is 9.46. The van der Waals surface area contributed by atoms with Gasteiger partial charge in [0.05, 0.1) is 0 Å². The number of halogens is 4. The fraction of sp³-hybridized carbons (Fsp3) is 0.625. The molecule has 0 aromatic heterocycles. The quantitative estimate of drug-likeness (QED) is 0.333. The zero-order valence-electron chi connectivity index (χ0n) is 11.8. The van der Waals surface area contributed by atoms with Crippen LogP contribution in [0.5, 0.6) is 0 Å². The van der Waals surface area contributed by atoms with Gasteiger partial charge in [-0.1, -0.05) is 110 Å². The highest BCUT2D eigenvalue weighted by Gasteiger charge is 2.34. The van der Waals surface area contributed by atoms with E-state index in [0.29, 0.717) is 5.02 Å². The standard InChI is InChI=1S/C16H22Cl4/c1-2-3-4-5-6-7-11-14(16(18,19)20)13-10-8-9-12-15(13)17/h8-10,12,14H,2-7,11H2,1H3. The fourth-order valence-corrected chi connectivity index (χ4v) is 3.33. The molecule has 0 bridgehead atoms. The third-order valence-electron chi connectivity index (χ3n) is 3.52. The summed E-state index contributed by atoms with van der Waals surface area (Å²) >= 11 is 24.7. The Hall–Kier alpha value is 0.380. The maximum absolute atomic E-state index is 6.23. The smallest absolute Gasteiger partial charge is 0.0840 e. The summed E-state index contributed by atoms with van der Waals surface area (Å²) < 4.78 is -1.31. The summed E-state index contributed by atoms with van der Waals surface area (Å²) in [6.45, 7) is 2.22. The van der Waals surface area contributed by atoms with E-state index >= 15 is 0 Å². The molecule has 20 heavy (non-hydrogen) atoms. The predicted octanol–water partition coefficient (Wildman–Crippen LogP) is 7.54. The molecular weight excluding hydrogens is 334 g/mol. The molecule has 1 rings (SSSR count). The molecule has 1 aromatic rings. The van der Waals surface area contributed by atoms with Crippen molar-refractivity contribution in [2.75, 3.05) is 0 Å². The molecule has 0 amide bonds. The van der Waals surface area contributed by atoms with Crippen LogP contribution in [0.25, 0.3) is 0 Å². The van der Waals surface area contributed by atoms with Gasteiger partial charge in [-0.2, -0.15) is 0 Å². The second-order valence-electron chi connectivity index (χ2n) is 5.17. The zero-order valence-corrected chi connectivity index (χ0v) is 14.9. The Morgan fingerprint density at radius 2 is 1.55 bits per heavy atom. The molecular formula is C16H22Cl4. The summed E-state index contributed by atoms with van der Waals surface area (Å²) in [5, 5.41) is 0.676. The molecule has 0 fully saturated rings. The summed E-state index contributed by atoms with van der Waals surface area (Å²) in [4.78, 5) is 0. The van der Waals surface area contributed by atoms with E-state index in [-0.39, 0.29) is 5.92 Å². The molecule has 1 aromatic carbocycles. The van der Waals surface area contributed by atoms with Gasteiger partial charge in [-0.25, -0.2) is 0 Å². The van der Waals surface area contributed by atoms with Crippen molar-refractivity contribution in [1.82, 2.24) is 0 Å². The Morgan fingerprint density at radius 1 is 0.950 bits per heavy atom. The zero-order chi connectivity index (χ0) is 15.0. The Balaban J connectivity index is 2.57. The van der Waals surface area contributed by atoms with Crippen molar-refractivity contribution in [2.45, 2.75) is 61.6 Å². The van der Waals surface area contributed by atoms with Crippen LogP contribution in [0, 0.1) is 0 Å². The number of alkyl halides is 3. The average Bonchev–Trinajstić information content (AvgIpc) is 2.38. The number of hydrogen-bond acceptors (Lipinski definition) is 0. The lowest BCUT2D eigenvalue weighted by Crippen LogP contribution is -2.17. The summed E-state index contributed by atoms with van der Waals surface area (Å²) in [5.74, 6) is -0.146. The van der Waals surface area contributed by atoms with Crippen molar-refractivity contribution in [2.24, 2.45) is 0 Å². The predicted molar refractivity (Wildman–Crippen MR) is 92.5 cm³/mol.